The van der Waals surface area contributed by atoms with Gasteiger partial charge in [0.15, 0.2) is 5.58 Å². The first-order valence-corrected chi connectivity index (χ1v) is 8.73. The number of benzene rings is 2. The second-order valence-electron chi connectivity index (χ2n) is 5.66. The lowest BCUT2D eigenvalue weighted by Gasteiger charge is -2.05. The summed E-state index contributed by atoms with van der Waals surface area (Å²) >= 11 is 12.3. The largest absolute Gasteiger partial charge is 0.465 e. The normalized spacial score (nSPS) is 11.3. The van der Waals surface area contributed by atoms with Gasteiger partial charge in [-0.25, -0.2) is 4.98 Å². The number of aromatic nitrogens is 1. The summed E-state index contributed by atoms with van der Waals surface area (Å²) in [4.78, 5) is 16.5. The number of amides is 1. The molecule has 0 aliphatic carbocycles. The lowest BCUT2D eigenvalue weighted by molar-refractivity contribution is -0.111. The Balaban J connectivity index is 1.59. The minimum atomic E-state index is -0.302. The highest BCUT2D eigenvalue weighted by Gasteiger charge is 2.13. The summed E-state index contributed by atoms with van der Waals surface area (Å²) in [6.07, 6.45) is 4.50. The first kappa shape index (κ1) is 17.4. The number of carbonyl (C=O) groups is 1. The van der Waals surface area contributed by atoms with E-state index in [1.165, 1.54) is 12.3 Å². The number of nitrogens with zero attached hydrogens (tertiary/aromatic N) is 1. The minimum absolute atomic E-state index is 0.302. The van der Waals surface area contributed by atoms with Gasteiger partial charge in [0.05, 0.1) is 16.8 Å². The van der Waals surface area contributed by atoms with Crippen LogP contribution in [0.1, 0.15) is 5.76 Å². The van der Waals surface area contributed by atoms with Crippen molar-refractivity contribution in [1.82, 2.24) is 4.98 Å². The average Bonchev–Trinajstić information content (AvgIpc) is 3.30. The summed E-state index contributed by atoms with van der Waals surface area (Å²) in [6.45, 7) is 0. The van der Waals surface area contributed by atoms with Crippen LogP contribution in [0.2, 0.25) is 10.0 Å². The van der Waals surface area contributed by atoms with E-state index in [0.29, 0.717) is 44.0 Å². The molecule has 0 saturated heterocycles. The Kier molecular flexibility index (Phi) is 4.71. The number of hydrogen-bond donors (Lipinski definition) is 1. The van der Waals surface area contributed by atoms with Crippen LogP contribution in [0.4, 0.5) is 5.69 Å². The zero-order valence-corrected chi connectivity index (χ0v) is 15.3. The van der Waals surface area contributed by atoms with Gasteiger partial charge in [-0.2, -0.15) is 0 Å². The molecule has 0 saturated carbocycles. The highest BCUT2D eigenvalue weighted by Crippen LogP contribution is 2.33. The van der Waals surface area contributed by atoms with Gasteiger partial charge in [0, 0.05) is 16.8 Å². The third-order valence-electron chi connectivity index (χ3n) is 3.76. The molecule has 2 aromatic carbocycles. The van der Waals surface area contributed by atoms with E-state index in [2.05, 4.69) is 10.3 Å². The third-order valence-corrected chi connectivity index (χ3v) is 4.32. The quantitative estimate of drug-likeness (QED) is 0.425. The molecule has 0 atom stereocenters. The number of halogens is 2. The molecule has 1 amide bonds. The molecule has 0 bridgehead atoms. The van der Waals surface area contributed by atoms with Crippen LogP contribution in [0, 0.1) is 0 Å². The number of oxazole rings is 1. The predicted octanol–water partition coefficient (Wildman–Crippen LogP) is 6.05. The van der Waals surface area contributed by atoms with E-state index in [0.717, 1.165) is 0 Å². The Morgan fingerprint density at radius 2 is 2.00 bits per heavy atom. The summed E-state index contributed by atoms with van der Waals surface area (Å²) in [6, 6.07) is 13.8. The number of carbonyl (C=O) groups excluding carboxylic acids is 1. The van der Waals surface area contributed by atoms with Gasteiger partial charge in [0.25, 0.3) is 0 Å². The average molecular weight is 399 g/mol. The summed E-state index contributed by atoms with van der Waals surface area (Å²) in [5, 5.41) is 3.79. The Bertz CT molecular complexity index is 1150. The molecule has 0 radical (unpaired) electrons. The van der Waals surface area contributed by atoms with Crippen molar-refractivity contribution in [1.29, 1.82) is 0 Å². The van der Waals surface area contributed by atoms with Crippen molar-refractivity contribution in [2.45, 2.75) is 0 Å². The van der Waals surface area contributed by atoms with Crippen LogP contribution in [0.3, 0.4) is 0 Å². The fourth-order valence-corrected chi connectivity index (χ4v) is 2.88. The summed E-state index contributed by atoms with van der Waals surface area (Å²) in [5.74, 6) is 0.635. The van der Waals surface area contributed by atoms with Gasteiger partial charge in [0.2, 0.25) is 11.8 Å². The molecule has 4 rings (SSSR count). The van der Waals surface area contributed by atoms with Crippen molar-refractivity contribution in [3.05, 3.63) is 76.7 Å². The zero-order chi connectivity index (χ0) is 18.8. The highest BCUT2D eigenvalue weighted by molar-refractivity contribution is 6.33. The molecule has 0 spiro atoms. The van der Waals surface area contributed by atoms with Crippen molar-refractivity contribution in [2.75, 3.05) is 5.32 Å². The SMILES string of the molecule is O=C(/C=C/c1ccco1)Nc1ccc(Cl)c(-c2nc3cc(Cl)ccc3o2)c1. The maximum absolute atomic E-state index is 12.1. The Morgan fingerprint density at radius 3 is 2.81 bits per heavy atom. The van der Waals surface area contributed by atoms with Crippen molar-refractivity contribution in [2.24, 2.45) is 0 Å². The molecular weight excluding hydrogens is 387 g/mol. The number of hydrogen-bond acceptors (Lipinski definition) is 4. The van der Waals surface area contributed by atoms with Crippen molar-refractivity contribution < 1.29 is 13.6 Å². The van der Waals surface area contributed by atoms with Gasteiger partial charge in [-0.1, -0.05) is 23.2 Å². The highest BCUT2D eigenvalue weighted by atomic mass is 35.5. The number of nitrogens with one attached hydrogen (secondary N) is 1. The fraction of sp³-hybridized carbons (Fsp3) is 0. The third kappa shape index (κ3) is 3.89. The van der Waals surface area contributed by atoms with Gasteiger partial charge in [0.1, 0.15) is 11.3 Å². The molecule has 134 valence electrons. The molecule has 2 aromatic heterocycles. The number of fused-ring (bicyclic) bond motifs is 1. The molecule has 0 aliphatic rings. The van der Waals surface area contributed by atoms with Gasteiger partial charge in [-0.15, -0.1) is 0 Å². The molecule has 0 fully saturated rings. The Labute approximate surface area is 164 Å². The smallest absolute Gasteiger partial charge is 0.248 e. The maximum atomic E-state index is 12.1. The van der Waals surface area contributed by atoms with Crippen molar-refractivity contribution >= 4 is 52.0 Å². The van der Waals surface area contributed by atoms with Gasteiger partial charge in [-0.3, -0.25) is 4.79 Å². The number of rotatable bonds is 4. The zero-order valence-electron chi connectivity index (χ0n) is 13.8. The van der Waals surface area contributed by atoms with Crippen molar-refractivity contribution in [3.63, 3.8) is 0 Å². The molecule has 5 nitrogen and oxygen atoms in total. The summed E-state index contributed by atoms with van der Waals surface area (Å²) < 4.78 is 10.9. The molecule has 27 heavy (non-hydrogen) atoms. The predicted molar refractivity (Wildman–Crippen MR) is 106 cm³/mol. The molecule has 0 aliphatic heterocycles. The van der Waals surface area contributed by atoms with Crippen LogP contribution in [0.15, 0.2) is 69.7 Å². The maximum Gasteiger partial charge on any atom is 0.248 e. The molecule has 0 unspecified atom stereocenters. The first-order chi connectivity index (χ1) is 13.1. The standard InChI is InChI=1S/C20H12Cl2N2O3/c21-12-3-7-18-17(10-12)24-20(27-18)15-11-13(4-6-16(15)22)23-19(25)8-5-14-2-1-9-26-14/h1-11H,(H,23,25)/b8-5+. The van der Waals surface area contributed by atoms with E-state index in [-0.39, 0.29) is 5.91 Å². The molecule has 1 N–H and O–H groups in total. The van der Waals surface area contributed by atoms with Crippen LogP contribution in [-0.2, 0) is 4.79 Å². The van der Waals surface area contributed by atoms with E-state index in [9.17, 15) is 4.79 Å². The van der Waals surface area contributed by atoms with Crippen molar-refractivity contribution in [3.8, 4) is 11.5 Å². The molecular formula is C20H12Cl2N2O3. The number of furan rings is 1. The summed E-state index contributed by atoms with van der Waals surface area (Å²) in [7, 11) is 0. The fourth-order valence-electron chi connectivity index (χ4n) is 2.51. The first-order valence-electron chi connectivity index (χ1n) is 7.97. The van der Waals surface area contributed by atoms with Crippen LogP contribution in [-0.4, -0.2) is 10.9 Å². The van der Waals surface area contributed by atoms with E-state index in [1.54, 1.807) is 54.6 Å². The molecule has 4 aromatic rings. The van der Waals surface area contributed by atoms with E-state index in [4.69, 9.17) is 32.0 Å². The van der Waals surface area contributed by atoms with E-state index >= 15 is 0 Å². The van der Waals surface area contributed by atoms with Crippen LogP contribution >= 0.6 is 23.2 Å². The van der Waals surface area contributed by atoms with Crippen LogP contribution in [0.25, 0.3) is 28.6 Å². The molecule has 7 heteroatoms. The Hall–Kier alpha value is -3.02. The lowest BCUT2D eigenvalue weighted by atomic mass is 10.2. The van der Waals surface area contributed by atoms with E-state index < -0.39 is 0 Å². The van der Waals surface area contributed by atoms with Gasteiger partial charge in [-0.05, 0) is 54.6 Å². The molecule has 2 heterocycles. The van der Waals surface area contributed by atoms with Gasteiger partial charge >= 0.3 is 0 Å². The van der Waals surface area contributed by atoms with E-state index in [1.807, 2.05) is 0 Å². The minimum Gasteiger partial charge on any atom is -0.465 e. The Morgan fingerprint density at radius 1 is 1.11 bits per heavy atom. The van der Waals surface area contributed by atoms with Gasteiger partial charge < -0.3 is 14.2 Å². The topological polar surface area (TPSA) is 68.3 Å². The monoisotopic (exact) mass is 398 g/mol. The second-order valence-corrected chi connectivity index (χ2v) is 6.51. The van der Waals surface area contributed by atoms with Crippen LogP contribution in [0.5, 0.6) is 0 Å². The summed E-state index contributed by atoms with van der Waals surface area (Å²) in [5.41, 5.74) is 2.35. The second kappa shape index (κ2) is 7.31. The van der Waals surface area contributed by atoms with Crippen LogP contribution < -0.4 is 5.32 Å². The number of anilines is 1. The lowest BCUT2D eigenvalue weighted by Crippen LogP contribution is -2.07.